The first kappa shape index (κ1) is 16.3. The van der Waals surface area contributed by atoms with E-state index in [4.69, 9.17) is 4.74 Å². The number of hydrogen-bond donors (Lipinski definition) is 2. The number of ether oxygens (including phenoxy) is 1. The van der Waals surface area contributed by atoms with Crippen LogP contribution in [0, 0.1) is 11.7 Å². The summed E-state index contributed by atoms with van der Waals surface area (Å²) in [6.07, 6.45) is 3.49. The van der Waals surface area contributed by atoms with Crippen LogP contribution in [-0.2, 0) is 0 Å². The van der Waals surface area contributed by atoms with Gasteiger partial charge in [0.2, 0.25) is 0 Å². The van der Waals surface area contributed by atoms with Crippen molar-refractivity contribution in [2.24, 2.45) is 5.92 Å². The Labute approximate surface area is 138 Å². The van der Waals surface area contributed by atoms with Crippen molar-refractivity contribution in [2.45, 2.75) is 25.0 Å². The zero-order valence-electron chi connectivity index (χ0n) is 13.1. The lowest BCUT2D eigenvalue weighted by atomic mass is 9.74. The molecule has 2 aromatic rings. The number of nitrogens with zero attached hydrogens (tertiary/aromatic N) is 2. The van der Waals surface area contributed by atoms with Crippen LogP contribution in [-0.4, -0.2) is 34.4 Å². The minimum absolute atomic E-state index is 0.00875. The first-order valence-electron chi connectivity index (χ1n) is 7.67. The quantitative estimate of drug-likeness (QED) is 0.874. The number of nitrogens with one attached hydrogen (secondary N) is 1. The number of benzene rings is 1. The van der Waals surface area contributed by atoms with Gasteiger partial charge in [0, 0.05) is 5.56 Å². The normalized spacial score (nSPS) is 20.8. The lowest BCUT2D eigenvalue weighted by Gasteiger charge is -2.38. The van der Waals surface area contributed by atoms with E-state index in [-0.39, 0.29) is 11.8 Å². The number of amides is 1. The summed E-state index contributed by atoms with van der Waals surface area (Å²) in [5.41, 5.74) is 0.926. The topological polar surface area (TPSA) is 84.3 Å². The molecule has 1 aromatic carbocycles. The Balaban J connectivity index is 1.90. The van der Waals surface area contributed by atoms with Gasteiger partial charge in [0.1, 0.15) is 11.6 Å². The molecule has 0 bridgehead atoms. The Morgan fingerprint density at radius 3 is 2.79 bits per heavy atom. The number of halogens is 1. The van der Waals surface area contributed by atoms with Gasteiger partial charge in [-0.15, -0.1) is 0 Å². The molecule has 1 amide bonds. The molecule has 1 aromatic heterocycles. The third kappa shape index (κ3) is 3.35. The van der Waals surface area contributed by atoms with Gasteiger partial charge >= 0.3 is 0 Å². The third-order valence-corrected chi connectivity index (χ3v) is 4.28. The van der Waals surface area contributed by atoms with Crippen molar-refractivity contribution >= 4 is 5.91 Å². The van der Waals surface area contributed by atoms with Crippen LogP contribution in [0.5, 0.6) is 5.75 Å². The molecule has 0 saturated heterocycles. The van der Waals surface area contributed by atoms with Crippen LogP contribution in [0.1, 0.15) is 34.8 Å². The summed E-state index contributed by atoms with van der Waals surface area (Å²) in [5.74, 6) is -0.233. The molecule has 1 fully saturated rings. The first-order chi connectivity index (χ1) is 11.6. The maximum Gasteiger partial charge on any atom is 0.253 e. The molecule has 0 spiro atoms. The van der Waals surface area contributed by atoms with Crippen molar-refractivity contribution in [2.75, 3.05) is 7.11 Å². The number of methoxy groups -OCH3 is 1. The Bertz CT molecular complexity index is 720. The molecule has 1 aliphatic carbocycles. The average Bonchev–Trinajstić information content (AvgIpc) is 2.58. The van der Waals surface area contributed by atoms with Gasteiger partial charge in [0.15, 0.2) is 0 Å². The Morgan fingerprint density at radius 1 is 1.38 bits per heavy atom. The molecule has 2 N–H and O–H groups in total. The van der Waals surface area contributed by atoms with E-state index in [1.807, 2.05) is 0 Å². The molecule has 1 saturated carbocycles. The lowest BCUT2D eigenvalue weighted by molar-refractivity contribution is 0.0231. The highest BCUT2D eigenvalue weighted by Gasteiger charge is 2.37. The van der Waals surface area contributed by atoms with Gasteiger partial charge in [-0.25, -0.2) is 4.39 Å². The van der Waals surface area contributed by atoms with E-state index >= 15 is 0 Å². The first-order valence-corrected chi connectivity index (χ1v) is 7.67. The SMILES string of the molecule is COc1ccc(F)cc1C(NC(=O)c1ccnnc1)C1CC(O)C1. The smallest absolute Gasteiger partial charge is 0.253 e. The number of rotatable bonds is 5. The number of aliphatic hydroxyl groups is 1. The number of hydrogen-bond acceptors (Lipinski definition) is 5. The van der Waals surface area contributed by atoms with Gasteiger partial charge in [-0.2, -0.15) is 10.2 Å². The number of aliphatic hydroxyl groups excluding tert-OH is 1. The highest BCUT2D eigenvalue weighted by Crippen LogP contribution is 2.41. The van der Waals surface area contributed by atoms with Crippen LogP contribution in [0.15, 0.2) is 36.7 Å². The van der Waals surface area contributed by atoms with Crippen molar-refractivity contribution in [1.82, 2.24) is 15.5 Å². The zero-order chi connectivity index (χ0) is 17.1. The highest BCUT2D eigenvalue weighted by atomic mass is 19.1. The lowest BCUT2D eigenvalue weighted by Crippen LogP contribution is -2.41. The van der Waals surface area contributed by atoms with Crippen molar-refractivity contribution in [3.8, 4) is 5.75 Å². The molecule has 1 heterocycles. The monoisotopic (exact) mass is 331 g/mol. The van der Waals surface area contributed by atoms with Crippen LogP contribution >= 0.6 is 0 Å². The van der Waals surface area contributed by atoms with E-state index in [0.717, 1.165) is 0 Å². The van der Waals surface area contributed by atoms with E-state index in [1.54, 1.807) is 6.07 Å². The number of carbonyl (C=O) groups excluding carboxylic acids is 1. The Kier molecular flexibility index (Phi) is 4.71. The standard InChI is InChI=1S/C17H18FN3O3/c1-24-15-3-2-12(18)8-14(15)16(11-6-13(22)7-11)21-17(23)10-4-5-19-20-9-10/h2-5,8-9,11,13,16,22H,6-7H2,1H3,(H,21,23). The maximum absolute atomic E-state index is 13.7. The van der Waals surface area contributed by atoms with E-state index in [1.165, 1.54) is 37.7 Å². The third-order valence-electron chi connectivity index (χ3n) is 4.28. The summed E-state index contributed by atoms with van der Waals surface area (Å²) in [6.45, 7) is 0. The molecule has 0 aliphatic heterocycles. The van der Waals surface area contributed by atoms with Gasteiger partial charge in [-0.05, 0) is 43.0 Å². The van der Waals surface area contributed by atoms with Gasteiger partial charge in [-0.1, -0.05) is 0 Å². The Hall–Kier alpha value is -2.54. The minimum Gasteiger partial charge on any atom is -0.496 e. The maximum atomic E-state index is 13.7. The molecule has 7 heteroatoms. The van der Waals surface area contributed by atoms with Crippen LogP contribution < -0.4 is 10.1 Å². The van der Waals surface area contributed by atoms with E-state index in [0.29, 0.717) is 29.7 Å². The summed E-state index contributed by atoms with van der Waals surface area (Å²) in [6, 6.07) is 5.30. The van der Waals surface area contributed by atoms with Crippen molar-refractivity contribution in [3.05, 3.63) is 53.6 Å². The van der Waals surface area contributed by atoms with Gasteiger partial charge < -0.3 is 15.2 Å². The predicted molar refractivity (Wildman–Crippen MR) is 83.9 cm³/mol. The predicted octanol–water partition coefficient (Wildman–Crippen LogP) is 1.87. The fraction of sp³-hybridized carbons (Fsp3) is 0.353. The van der Waals surface area contributed by atoms with E-state index < -0.39 is 18.0 Å². The average molecular weight is 331 g/mol. The van der Waals surface area contributed by atoms with Gasteiger partial charge in [0.25, 0.3) is 5.91 Å². The molecule has 1 atom stereocenters. The van der Waals surface area contributed by atoms with Gasteiger partial charge in [-0.3, -0.25) is 4.79 Å². The zero-order valence-corrected chi connectivity index (χ0v) is 13.1. The number of aromatic nitrogens is 2. The van der Waals surface area contributed by atoms with Crippen LogP contribution in [0.2, 0.25) is 0 Å². The number of carbonyl (C=O) groups is 1. The molecule has 1 unspecified atom stereocenters. The minimum atomic E-state index is -0.459. The molecule has 126 valence electrons. The largest absolute Gasteiger partial charge is 0.496 e. The summed E-state index contributed by atoms with van der Waals surface area (Å²) in [4.78, 5) is 12.5. The van der Waals surface area contributed by atoms with Crippen LogP contribution in [0.4, 0.5) is 4.39 Å². The molecule has 6 nitrogen and oxygen atoms in total. The fourth-order valence-electron chi connectivity index (χ4n) is 2.95. The Morgan fingerprint density at radius 2 is 2.17 bits per heavy atom. The van der Waals surface area contributed by atoms with E-state index in [9.17, 15) is 14.3 Å². The highest BCUT2D eigenvalue weighted by molar-refractivity contribution is 5.94. The fourth-order valence-corrected chi connectivity index (χ4v) is 2.95. The second-order valence-corrected chi connectivity index (χ2v) is 5.85. The van der Waals surface area contributed by atoms with Crippen LogP contribution in [0.3, 0.4) is 0 Å². The molecule has 0 radical (unpaired) electrons. The van der Waals surface area contributed by atoms with Crippen LogP contribution in [0.25, 0.3) is 0 Å². The summed E-state index contributed by atoms with van der Waals surface area (Å²) >= 11 is 0. The molecule has 1 aliphatic rings. The van der Waals surface area contributed by atoms with E-state index in [2.05, 4.69) is 15.5 Å². The molecular formula is C17H18FN3O3. The molecule has 24 heavy (non-hydrogen) atoms. The second kappa shape index (κ2) is 6.92. The van der Waals surface area contributed by atoms with Crippen molar-refractivity contribution in [1.29, 1.82) is 0 Å². The van der Waals surface area contributed by atoms with Crippen molar-refractivity contribution < 1.29 is 19.0 Å². The summed E-state index contributed by atoms with van der Waals surface area (Å²) in [7, 11) is 1.50. The summed E-state index contributed by atoms with van der Waals surface area (Å²) in [5, 5.41) is 19.9. The molecule has 3 rings (SSSR count). The summed E-state index contributed by atoms with van der Waals surface area (Å²) < 4.78 is 19.0. The second-order valence-electron chi connectivity index (χ2n) is 5.85. The van der Waals surface area contributed by atoms with Crippen molar-refractivity contribution in [3.63, 3.8) is 0 Å². The van der Waals surface area contributed by atoms with Gasteiger partial charge in [0.05, 0.1) is 37.2 Å². The molecular weight excluding hydrogens is 313 g/mol.